The van der Waals surface area contributed by atoms with Gasteiger partial charge in [-0.1, -0.05) is 19.8 Å². The van der Waals surface area contributed by atoms with Gasteiger partial charge < -0.3 is 20.9 Å². The van der Waals surface area contributed by atoms with Gasteiger partial charge in [-0.05, 0) is 19.4 Å². The third-order valence-electron chi connectivity index (χ3n) is 3.78. The predicted octanol–water partition coefficient (Wildman–Crippen LogP) is 1.64. The molecule has 0 fully saturated rings. The number of nitrogens with two attached hydrogens (primary N) is 1. The van der Waals surface area contributed by atoms with Crippen LogP contribution in [0.15, 0.2) is 12.3 Å². The topological polar surface area (TPSA) is 111 Å². The molecule has 132 valence electrons. The second kappa shape index (κ2) is 8.49. The maximum absolute atomic E-state index is 9.52. The highest BCUT2D eigenvalue weighted by Crippen LogP contribution is 2.24. The van der Waals surface area contributed by atoms with Gasteiger partial charge in [0.05, 0.1) is 18.8 Å². The number of nitrogens with zero attached hydrogens (tertiary/aromatic N) is 4. The maximum atomic E-state index is 9.52. The van der Waals surface area contributed by atoms with Gasteiger partial charge in [0.15, 0.2) is 11.6 Å². The second-order valence-electron chi connectivity index (χ2n) is 5.80. The van der Waals surface area contributed by atoms with Crippen LogP contribution in [-0.2, 0) is 13.7 Å². The molecule has 2 rings (SSSR count). The van der Waals surface area contributed by atoms with Crippen LogP contribution in [0.4, 0.5) is 11.8 Å². The third-order valence-corrected chi connectivity index (χ3v) is 3.78. The Labute approximate surface area is 142 Å². The lowest BCUT2D eigenvalue weighted by Gasteiger charge is -2.18. The molecule has 2 aromatic heterocycles. The minimum atomic E-state index is -0.0984. The first kappa shape index (κ1) is 18.0. The van der Waals surface area contributed by atoms with Crippen LogP contribution < -0.4 is 15.8 Å². The highest BCUT2D eigenvalue weighted by Gasteiger charge is 2.14. The molecule has 8 nitrogen and oxygen atoms in total. The van der Waals surface area contributed by atoms with E-state index in [1.165, 1.54) is 6.20 Å². The molecule has 0 radical (unpaired) electrons. The lowest BCUT2D eigenvalue weighted by molar-refractivity contribution is 0.265. The number of hydrogen-bond donors (Lipinski definition) is 3. The molecule has 0 saturated carbocycles. The first-order valence-corrected chi connectivity index (χ1v) is 8.15. The largest absolute Gasteiger partial charge is 0.482 e. The van der Waals surface area contributed by atoms with E-state index in [0.717, 1.165) is 30.7 Å². The molecular weight excluding hydrogens is 308 g/mol. The van der Waals surface area contributed by atoms with Gasteiger partial charge in [-0.3, -0.25) is 4.68 Å². The van der Waals surface area contributed by atoms with Crippen molar-refractivity contribution < 1.29 is 9.84 Å². The highest BCUT2D eigenvalue weighted by atomic mass is 16.5. The minimum absolute atomic E-state index is 0.0166. The molecule has 0 aliphatic heterocycles. The van der Waals surface area contributed by atoms with E-state index in [2.05, 4.69) is 27.3 Å². The summed E-state index contributed by atoms with van der Waals surface area (Å²) in [5, 5.41) is 17.1. The summed E-state index contributed by atoms with van der Waals surface area (Å²) in [7, 11) is 1.89. The molecule has 0 saturated heterocycles. The number of nitrogens with one attached hydrogen (secondary N) is 1. The molecule has 2 heterocycles. The zero-order valence-corrected chi connectivity index (χ0v) is 14.5. The molecule has 0 aliphatic rings. The molecule has 0 aliphatic carbocycles. The van der Waals surface area contributed by atoms with Gasteiger partial charge in [-0.15, -0.1) is 0 Å². The number of rotatable bonds is 9. The van der Waals surface area contributed by atoms with E-state index in [9.17, 15) is 5.11 Å². The summed E-state index contributed by atoms with van der Waals surface area (Å²) >= 11 is 0. The number of nitrogen functional groups attached to an aromatic ring is 1. The van der Waals surface area contributed by atoms with Gasteiger partial charge >= 0.3 is 0 Å². The molecule has 0 aromatic carbocycles. The number of aromatic nitrogens is 4. The molecule has 0 bridgehead atoms. The fraction of sp³-hybridized carbons (Fsp3) is 0.562. The Morgan fingerprint density at radius 1 is 1.46 bits per heavy atom. The molecule has 24 heavy (non-hydrogen) atoms. The third kappa shape index (κ3) is 4.82. The zero-order valence-electron chi connectivity index (χ0n) is 14.5. The summed E-state index contributed by atoms with van der Waals surface area (Å²) in [4.78, 5) is 8.18. The average molecular weight is 334 g/mol. The SMILES string of the molecule is CCCCC(CO)Nc1nc(N)ncc1OCc1cc(C)n(C)n1. The van der Waals surface area contributed by atoms with Crippen molar-refractivity contribution in [1.82, 2.24) is 19.7 Å². The van der Waals surface area contributed by atoms with Gasteiger partial charge in [-0.25, -0.2) is 4.98 Å². The van der Waals surface area contributed by atoms with Crippen molar-refractivity contribution in [3.05, 3.63) is 23.7 Å². The Balaban J connectivity index is 2.08. The molecule has 0 spiro atoms. The fourth-order valence-electron chi connectivity index (χ4n) is 2.30. The standard InChI is InChI=1S/C16H26N6O2/c1-4-5-6-12(9-23)19-15-14(8-18-16(17)20-15)24-10-13-7-11(2)22(3)21-13/h7-8,12,23H,4-6,9-10H2,1-3H3,(H3,17,18,19,20). The van der Waals surface area contributed by atoms with Crippen LogP contribution in [-0.4, -0.2) is 37.5 Å². The van der Waals surface area contributed by atoms with E-state index < -0.39 is 0 Å². The number of unbranched alkanes of at least 4 members (excludes halogenated alkanes) is 1. The number of aryl methyl sites for hydroxylation is 2. The zero-order chi connectivity index (χ0) is 17.5. The van der Waals surface area contributed by atoms with Crippen LogP contribution in [0.2, 0.25) is 0 Å². The van der Waals surface area contributed by atoms with Crippen molar-refractivity contribution in [2.24, 2.45) is 7.05 Å². The van der Waals surface area contributed by atoms with Crippen molar-refractivity contribution in [2.75, 3.05) is 17.7 Å². The Kier molecular flexibility index (Phi) is 6.36. The molecule has 0 amide bonds. The smallest absolute Gasteiger partial charge is 0.222 e. The fourth-order valence-corrected chi connectivity index (χ4v) is 2.30. The van der Waals surface area contributed by atoms with Gasteiger partial charge in [0.2, 0.25) is 5.95 Å². The van der Waals surface area contributed by atoms with Crippen LogP contribution in [0.25, 0.3) is 0 Å². The molecule has 1 atom stereocenters. The summed E-state index contributed by atoms with van der Waals surface area (Å²) in [5.74, 6) is 1.14. The Morgan fingerprint density at radius 2 is 2.25 bits per heavy atom. The first-order chi connectivity index (χ1) is 11.5. The van der Waals surface area contributed by atoms with E-state index in [1.54, 1.807) is 4.68 Å². The van der Waals surface area contributed by atoms with Gasteiger partial charge in [0.25, 0.3) is 0 Å². The Hall–Kier alpha value is -2.35. The van der Waals surface area contributed by atoms with Crippen LogP contribution in [0.5, 0.6) is 5.75 Å². The average Bonchev–Trinajstić information content (AvgIpc) is 2.88. The van der Waals surface area contributed by atoms with Gasteiger partial charge in [0, 0.05) is 12.7 Å². The number of aliphatic hydroxyl groups excluding tert-OH is 1. The number of anilines is 2. The Bertz CT molecular complexity index is 639. The van der Waals surface area contributed by atoms with Crippen LogP contribution in [0.1, 0.15) is 37.6 Å². The van der Waals surface area contributed by atoms with Gasteiger partial charge in [0.1, 0.15) is 12.3 Å². The summed E-state index contributed by atoms with van der Waals surface area (Å²) in [6.07, 6.45) is 4.46. The van der Waals surface area contributed by atoms with E-state index in [0.29, 0.717) is 18.2 Å². The quantitative estimate of drug-likeness (QED) is 0.639. The van der Waals surface area contributed by atoms with Crippen LogP contribution in [0.3, 0.4) is 0 Å². The summed E-state index contributed by atoms with van der Waals surface area (Å²) in [6.45, 7) is 4.42. The van der Waals surface area contributed by atoms with Crippen molar-refractivity contribution in [3.63, 3.8) is 0 Å². The van der Waals surface area contributed by atoms with Crippen molar-refractivity contribution in [2.45, 2.75) is 45.8 Å². The first-order valence-electron chi connectivity index (χ1n) is 8.15. The van der Waals surface area contributed by atoms with E-state index in [4.69, 9.17) is 10.5 Å². The van der Waals surface area contributed by atoms with Crippen LogP contribution >= 0.6 is 0 Å². The normalized spacial score (nSPS) is 12.2. The van der Waals surface area contributed by atoms with Crippen LogP contribution in [0, 0.1) is 6.92 Å². The lowest BCUT2D eigenvalue weighted by atomic mass is 10.1. The predicted molar refractivity (Wildman–Crippen MR) is 92.7 cm³/mol. The van der Waals surface area contributed by atoms with Crippen molar-refractivity contribution in [3.8, 4) is 5.75 Å². The number of ether oxygens (including phenoxy) is 1. The number of hydrogen-bond acceptors (Lipinski definition) is 7. The number of aliphatic hydroxyl groups is 1. The van der Waals surface area contributed by atoms with E-state index in [1.807, 2.05) is 20.0 Å². The summed E-state index contributed by atoms with van der Waals surface area (Å²) in [5.41, 5.74) is 7.56. The lowest BCUT2D eigenvalue weighted by Crippen LogP contribution is -2.25. The summed E-state index contributed by atoms with van der Waals surface area (Å²) in [6, 6.07) is 1.86. The van der Waals surface area contributed by atoms with Gasteiger partial charge in [-0.2, -0.15) is 10.1 Å². The molecular formula is C16H26N6O2. The van der Waals surface area contributed by atoms with Crippen molar-refractivity contribution in [1.29, 1.82) is 0 Å². The highest BCUT2D eigenvalue weighted by molar-refractivity contribution is 5.51. The van der Waals surface area contributed by atoms with Crippen molar-refractivity contribution >= 4 is 11.8 Å². The minimum Gasteiger partial charge on any atom is -0.482 e. The maximum Gasteiger partial charge on any atom is 0.222 e. The molecule has 4 N–H and O–H groups in total. The van der Waals surface area contributed by atoms with E-state index in [-0.39, 0.29) is 18.6 Å². The molecule has 8 heteroatoms. The summed E-state index contributed by atoms with van der Waals surface area (Å²) < 4.78 is 7.59. The molecule has 1 unspecified atom stereocenters. The van der Waals surface area contributed by atoms with E-state index >= 15 is 0 Å². The molecule has 2 aromatic rings. The monoisotopic (exact) mass is 334 g/mol. The second-order valence-corrected chi connectivity index (χ2v) is 5.80. The Morgan fingerprint density at radius 3 is 2.88 bits per heavy atom.